The van der Waals surface area contributed by atoms with Gasteiger partial charge >= 0.3 is 0 Å². The minimum Gasteiger partial charge on any atom is -0.492 e. The SMILES string of the molecule is CCCCCCOc1cc2c(cc1C#CC(C)(C)O)c1cc(C#C[Si](C)(C)C)c(OCCCCCC)cc1c1cc(OCCCCCC)c(OCCCCCC)cc21. The fourth-order valence-corrected chi connectivity index (χ4v) is 7.55. The van der Waals surface area contributed by atoms with E-state index in [1.54, 1.807) is 13.8 Å². The lowest BCUT2D eigenvalue weighted by Gasteiger charge is -2.19. The molecule has 0 fully saturated rings. The van der Waals surface area contributed by atoms with Crippen LogP contribution in [-0.2, 0) is 0 Å². The molecule has 0 radical (unpaired) electrons. The Morgan fingerprint density at radius 2 is 0.759 bits per heavy atom. The molecule has 6 heteroatoms. The molecule has 0 atom stereocenters. The molecule has 4 aromatic rings. The van der Waals surface area contributed by atoms with E-state index in [0.29, 0.717) is 26.4 Å². The Labute approximate surface area is 353 Å². The van der Waals surface area contributed by atoms with E-state index in [0.717, 1.165) is 118 Å². The van der Waals surface area contributed by atoms with Crippen LogP contribution < -0.4 is 18.9 Å². The van der Waals surface area contributed by atoms with E-state index in [4.69, 9.17) is 18.9 Å². The zero-order valence-electron chi connectivity index (χ0n) is 37.7. The fourth-order valence-electron chi connectivity index (χ4n) is 7.04. The van der Waals surface area contributed by atoms with Gasteiger partial charge in [0.25, 0.3) is 0 Å². The summed E-state index contributed by atoms with van der Waals surface area (Å²) in [4.78, 5) is 0. The van der Waals surface area contributed by atoms with E-state index >= 15 is 0 Å². The van der Waals surface area contributed by atoms with E-state index in [-0.39, 0.29) is 0 Å². The molecule has 0 bridgehead atoms. The predicted molar refractivity (Wildman–Crippen MR) is 251 cm³/mol. The van der Waals surface area contributed by atoms with Crippen LogP contribution in [0.25, 0.3) is 32.3 Å². The number of hydrogen-bond acceptors (Lipinski definition) is 5. The molecule has 5 nitrogen and oxygen atoms in total. The van der Waals surface area contributed by atoms with Crippen molar-refractivity contribution in [3.63, 3.8) is 0 Å². The maximum Gasteiger partial charge on any atom is 0.161 e. The van der Waals surface area contributed by atoms with Crippen molar-refractivity contribution in [3.8, 4) is 46.3 Å². The molecular weight excluding hydrogens is 733 g/mol. The van der Waals surface area contributed by atoms with Crippen molar-refractivity contribution in [1.29, 1.82) is 0 Å². The first-order valence-electron chi connectivity index (χ1n) is 22.7. The minimum absolute atomic E-state index is 0.603. The number of rotatable bonds is 24. The first-order chi connectivity index (χ1) is 27.9. The maximum atomic E-state index is 10.7. The molecule has 316 valence electrons. The van der Waals surface area contributed by atoms with Crippen molar-refractivity contribution >= 4 is 40.4 Å². The average Bonchev–Trinajstić information content (AvgIpc) is 3.18. The molecule has 0 saturated carbocycles. The van der Waals surface area contributed by atoms with Gasteiger partial charge in [-0.05, 0) is 108 Å². The van der Waals surface area contributed by atoms with Crippen molar-refractivity contribution < 1.29 is 24.1 Å². The standard InChI is InChI=1S/C52H74O5Si/c1-10-14-18-22-29-54-48-36-44-42(34-40(48)26-28-52(5,6)53)43-35-41(27-33-58(7,8)9)49(55-30-23-19-15-11-2)37-45(43)47-39-51(57-32-25-21-17-13-4)50(38-46(44)47)56-31-24-20-16-12-3/h34-39,53H,10-25,29-32H2,1-9H3. The Morgan fingerprint density at radius 3 is 1.09 bits per heavy atom. The zero-order valence-corrected chi connectivity index (χ0v) is 38.7. The smallest absolute Gasteiger partial charge is 0.161 e. The summed E-state index contributed by atoms with van der Waals surface area (Å²) in [6, 6.07) is 13.1. The lowest BCUT2D eigenvalue weighted by molar-refractivity contribution is 0.143. The molecule has 0 spiro atoms. The molecule has 0 saturated heterocycles. The van der Waals surface area contributed by atoms with Crippen molar-refractivity contribution in [2.24, 2.45) is 0 Å². The molecule has 0 unspecified atom stereocenters. The van der Waals surface area contributed by atoms with Crippen LogP contribution in [0.2, 0.25) is 19.6 Å². The third-order valence-electron chi connectivity index (χ3n) is 10.3. The van der Waals surface area contributed by atoms with Gasteiger partial charge in [-0.1, -0.05) is 142 Å². The normalized spacial score (nSPS) is 11.7. The summed E-state index contributed by atoms with van der Waals surface area (Å²) in [5, 5.41) is 17.1. The first-order valence-corrected chi connectivity index (χ1v) is 26.2. The average molecular weight is 807 g/mol. The molecule has 58 heavy (non-hydrogen) atoms. The van der Waals surface area contributed by atoms with Crippen molar-refractivity contribution in [2.45, 2.75) is 170 Å². The van der Waals surface area contributed by atoms with Crippen molar-refractivity contribution in [1.82, 2.24) is 0 Å². The van der Waals surface area contributed by atoms with Crippen LogP contribution in [0.15, 0.2) is 36.4 Å². The third kappa shape index (κ3) is 14.8. The second-order valence-electron chi connectivity index (χ2n) is 17.6. The summed E-state index contributed by atoms with van der Waals surface area (Å²) >= 11 is 0. The number of aliphatic hydroxyl groups is 1. The fraction of sp³-hybridized carbons (Fsp3) is 0.577. The molecule has 4 rings (SSSR count). The van der Waals surface area contributed by atoms with E-state index in [1.165, 1.54) is 51.4 Å². The third-order valence-corrected chi connectivity index (χ3v) is 11.2. The van der Waals surface area contributed by atoms with Crippen LogP contribution in [0.3, 0.4) is 0 Å². The minimum atomic E-state index is -1.70. The van der Waals surface area contributed by atoms with Crippen LogP contribution >= 0.6 is 0 Å². The summed E-state index contributed by atoms with van der Waals surface area (Å²) in [6.45, 7) is 21.7. The largest absolute Gasteiger partial charge is 0.492 e. The Kier molecular flexibility index (Phi) is 19.1. The summed E-state index contributed by atoms with van der Waals surface area (Å²) < 4.78 is 26.4. The number of benzene rings is 4. The molecule has 0 aliphatic carbocycles. The summed E-state index contributed by atoms with van der Waals surface area (Å²) in [6.07, 6.45) is 18.0. The van der Waals surface area contributed by atoms with Gasteiger partial charge < -0.3 is 24.1 Å². The van der Waals surface area contributed by atoms with Crippen LogP contribution in [0.1, 0.15) is 155 Å². The van der Waals surface area contributed by atoms with Crippen LogP contribution in [-0.4, -0.2) is 45.2 Å². The van der Waals surface area contributed by atoms with Gasteiger partial charge in [0.15, 0.2) is 11.5 Å². The second kappa shape index (κ2) is 23.7. The molecule has 0 aliphatic heterocycles. The van der Waals surface area contributed by atoms with Gasteiger partial charge in [-0.25, -0.2) is 0 Å². The quantitative estimate of drug-likeness (QED) is 0.0331. The summed E-state index contributed by atoms with van der Waals surface area (Å²) in [5.74, 6) is 13.1. The molecule has 0 amide bonds. The monoisotopic (exact) mass is 807 g/mol. The zero-order chi connectivity index (χ0) is 42.0. The number of ether oxygens (including phenoxy) is 4. The van der Waals surface area contributed by atoms with Gasteiger partial charge in [-0.3, -0.25) is 0 Å². The highest BCUT2D eigenvalue weighted by Gasteiger charge is 2.20. The second-order valence-corrected chi connectivity index (χ2v) is 22.3. The van der Waals surface area contributed by atoms with Gasteiger partial charge in [-0.2, -0.15) is 0 Å². The first kappa shape index (κ1) is 46.8. The van der Waals surface area contributed by atoms with Crippen LogP contribution in [0.4, 0.5) is 0 Å². The Bertz CT molecular complexity index is 1880. The topological polar surface area (TPSA) is 57.2 Å². The predicted octanol–water partition coefficient (Wildman–Crippen LogP) is 14.3. The summed E-state index contributed by atoms with van der Waals surface area (Å²) in [5.41, 5.74) is 4.14. The lowest BCUT2D eigenvalue weighted by atomic mass is 9.91. The van der Waals surface area contributed by atoms with Crippen LogP contribution in [0, 0.1) is 23.3 Å². The van der Waals surface area contributed by atoms with Crippen molar-refractivity contribution in [2.75, 3.05) is 26.4 Å². The Hall–Kier alpha value is -3.84. The Morgan fingerprint density at radius 1 is 0.448 bits per heavy atom. The molecule has 0 heterocycles. The van der Waals surface area contributed by atoms with E-state index < -0.39 is 13.7 Å². The number of hydrogen-bond donors (Lipinski definition) is 1. The number of fused-ring (bicyclic) bond motifs is 6. The van der Waals surface area contributed by atoms with Gasteiger partial charge in [0.2, 0.25) is 0 Å². The van der Waals surface area contributed by atoms with Gasteiger partial charge in [-0.15, -0.1) is 5.54 Å². The molecular formula is C52H74O5Si. The lowest BCUT2D eigenvalue weighted by Crippen LogP contribution is -2.16. The van der Waals surface area contributed by atoms with E-state index in [1.807, 2.05) is 0 Å². The van der Waals surface area contributed by atoms with E-state index in [2.05, 4.69) is 107 Å². The van der Waals surface area contributed by atoms with Gasteiger partial charge in [0.05, 0.1) is 37.6 Å². The van der Waals surface area contributed by atoms with Crippen LogP contribution in [0.5, 0.6) is 23.0 Å². The van der Waals surface area contributed by atoms with E-state index in [9.17, 15) is 5.11 Å². The van der Waals surface area contributed by atoms with Crippen molar-refractivity contribution in [3.05, 3.63) is 47.5 Å². The van der Waals surface area contributed by atoms with Gasteiger partial charge in [0.1, 0.15) is 25.2 Å². The summed E-state index contributed by atoms with van der Waals surface area (Å²) in [7, 11) is -1.70. The highest BCUT2D eigenvalue weighted by Crippen LogP contribution is 2.45. The molecule has 4 aromatic carbocycles. The highest BCUT2D eigenvalue weighted by atomic mass is 28.3. The molecule has 0 aliphatic rings. The van der Waals surface area contributed by atoms with Gasteiger partial charge in [0, 0.05) is 0 Å². The molecule has 1 N–H and O–H groups in total. The Balaban J connectivity index is 2.07. The maximum absolute atomic E-state index is 10.7. The number of unbranched alkanes of at least 4 members (excludes halogenated alkanes) is 12. The molecule has 0 aromatic heterocycles. The highest BCUT2D eigenvalue weighted by molar-refractivity contribution is 6.83.